The molecule has 8 aromatic rings. The minimum Gasteiger partial charge on any atom is -0.457 e. The molecule has 11 rings (SSSR count). The summed E-state index contributed by atoms with van der Waals surface area (Å²) in [6, 6.07) is 65.0. The topological polar surface area (TPSA) is 9.23 Å². The maximum absolute atomic E-state index is 6.63. The highest BCUT2D eigenvalue weighted by Crippen LogP contribution is 2.63. The molecule has 8 aromatic carbocycles. The van der Waals surface area contributed by atoms with Gasteiger partial charge in [0.1, 0.15) is 11.5 Å². The zero-order valence-electron chi connectivity index (χ0n) is 27.7. The quantitative estimate of drug-likeness (QED) is 0.183. The fourth-order valence-corrected chi connectivity index (χ4v) is 9.71. The van der Waals surface area contributed by atoms with Crippen molar-refractivity contribution < 1.29 is 4.74 Å². The first kappa shape index (κ1) is 27.7. The predicted octanol–water partition coefficient (Wildman–Crippen LogP) is 12.3. The maximum Gasteiger partial charge on any atom is 0.131 e. The highest BCUT2D eigenvalue weighted by Gasteiger charge is 2.50. The molecule has 0 saturated carbocycles. The van der Waals surface area contributed by atoms with E-state index in [0.29, 0.717) is 0 Å². The van der Waals surface area contributed by atoms with E-state index >= 15 is 0 Å². The molecule has 0 aromatic heterocycles. The van der Waals surface area contributed by atoms with Gasteiger partial charge in [0.2, 0.25) is 0 Å². The molecule has 0 saturated heterocycles. The van der Waals surface area contributed by atoms with Crippen LogP contribution >= 0.6 is 0 Å². The molecule has 0 bridgehead atoms. The van der Waals surface area contributed by atoms with E-state index in [-0.39, 0.29) is 5.41 Å². The van der Waals surface area contributed by atoms with E-state index in [4.69, 9.17) is 4.74 Å². The number of hydrogen-bond acceptors (Lipinski definition) is 1. The fraction of sp³-hybridized carbons (Fsp3) is 0.0612. The lowest BCUT2D eigenvalue weighted by molar-refractivity contribution is 0.427. The van der Waals surface area contributed by atoms with Crippen LogP contribution in [0.2, 0.25) is 0 Å². The molecule has 2 unspecified atom stereocenters. The van der Waals surface area contributed by atoms with E-state index < -0.39 is 5.41 Å². The Labute approximate surface area is 292 Å². The van der Waals surface area contributed by atoms with E-state index in [1.807, 2.05) is 0 Å². The highest BCUT2D eigenvalue weighted by molar-refractivity contribution is 6.08. The number of rotatable bonds is 2. The zero-order valence-corrected chi connectivity index (χ0v) is 27.7. The molecule has 2 atom stereocenters. The van der Waals surface area contributed by atoms with Crippen molar-refractivity contribution in [2.75, 3.05) is 0 Å². The van der Waals surface area contributed by atoms with Gasteiger partial charge < -0.3 is 4.74 Å². The van der Waals surface area contributed by atoms with Gasteiger partial charge in [-0.25, -0.2) is 0 Å². The van der Waals surface area contributed by atoms with E-state index in [0.717, 1.165) is 11.5 Å². The monoisotopic (exact) mass is 636 g/mol. The number of hydrogen-bond donors (Lipinski definition) is 0. The third-order valence-electron chi connectivity index (χ3n) is 11.8. The average Bonchev–Trinajstić information content (AvgIpc) is 3.48. The van der Waals surface area contributed by atoms with Gasteiger partial charge in [-0.2, -0.15) is 0 Å². The Balaban J connectivity index is 1.21. The molecule has 1 aliphatic heterocycles. The van der Waals surface area contributed by atoms with Crippen LogP contribution in [-0.2, 0) is 10.8 Å². The van der Waals surface area contributed by atoms with Gasteiger partial charge in [-0.1, -0.05) is 158 Å². The highest BCUT2D eigenvalue weighted by atomic mass is 16.5. The number of fused-ring (bicyclic) bond motifs is 11. The van der Waals surface area contributed by atoms with Crippen LogP contribution in [0.4, 0.5) is 0 Å². The van der Waals surface area contributed by atoms with Crippen LogP contribution in [0.5, 0.6) is 11.5 Å². The van der Waals surface area contributed by atoms with E-state index in [1.54, 1.807) is 0 Å². The second-order valence-electron chi connectivity index (χ2n) is 14.1. The van der Waals surface area contributed by atoms with Crippen LogP contribution < -0.4 is 4.74 Å². The summed E-state index contributed by atoms with van der Waals surface area (Å²) in [4.78, 5) is 0. The molecule has 1 spiro atoms. The van der Waals surface area contributed by atoms with Crippen molar-refractivity contribution in [1.82, 2.24) is 0 Å². The van der Waals surface area contributed by atoms with E-state index in [2.05, 4.69) is 183 Å². The summed E-state index contributed by atoms with van der Waals surface area (Å²) in [6.07, 6.45) is 0. The zero-order chi connectivity index (χ0) is 33.0. The minimum atomic E-state index is -0.443. The lowest BCUT2D eigenvalue weighted by Gasteiger charge is -2.40. The van der Waals surface area contributed by atoms with E-state index in [9.17, 15) is 0 Å². The van der Waals surface area contributed by atoms with Crippen molar-refractivity contribution in [2.24, 2.45) is 0 Å². The largest absolute Gasteiger partial charge is 0.457 e. The van der Waals surface area contributed by atoms with Crippen molar-refractivity contribution in [2.45, 2.75) is 17.8 Å². The molecule has 1 heterocycles. The minimum absolute atomic E-state index is 0.389. The van der Waals surface area contributed by atoms with Crippen LogP contribution in [0.1, 0.15) is 45.9 Å². The molecule has 0 amide bonds. The van der Waals surface area contributed by atoms with Crippen LogP contribution in [0.25, 0.3) is 44.2 Å². The summed E-state index contributed by atoms with van der Waals surface area (Å²) in [5.74, 6) is 1.83. The van der Waals surface area contributed by atoms with Gasteiger partial charge in [0.15, 0.2) is 0 Å². The third-order valence-corrected chi connectivity index (χ3v) is 11.8. The van der Waals surface area contributed by atoms with Crippen molar-refractivity contribution in [3.8, 4) is 44.9 Å². The number of benzene rings is 8. The predicted molar refractivity (Wildman–Crippen MR) is 204 cm³/mol. The second kappa shape index (κ2) is 9.94. The Kier molecular flexibility index (Phi) is 5.51. The average molecular weight is 637 g/mol. The smallest absolute Gasteiger partial charge is 0.131 e. The first-order valence-corrected chi connectivity index (χ1v) is 17.5. The van der Waals surface area contributed by atoms with Crippen molar-refractivity contribution in [1.29, 1.82) is 0 Å². The molecular weight excluding hydrogens is 605 g/mol. The number of ether oxygens (including phenoxy) is 1. The van der Waals surface area contributed by atoms with E-state index in [1.165, 1.54) is 83.1 Å². The van der Waals surface area contributed by atoms with Gasteiger partial charge in [-0.3, -0.25) is 0 Å². The summed E-state index contributed by atoms with van der Waals surface area (Å²) in [6.45, 7) is 2.35. The van der Waals surface area contributed by atoms with Gasteiger partial charge in [-0.05, 0) is 97.1 Å². The summed E-state index contributed by atoms with van der Waals surface area (Å²) < 4.78 is 6.63. The molecule has 234 valence electrons. The molecule has 2 aliphatic carbocycles. The lowest BCUT2D eigenvalue weighted by atomic mass is 9.61. The van der Waals surface area contributed by atoms with Crippen molar-refractivity contribution >= 4 is 10.8 Å². The molecule has 50 heavy (non-hydrogen) atoms. The van der Waals surface area contributed by atoms with Crippen LogP contribution in [0, 0.1) is 0 Å². The summed E-state index contributed by atoms with van der Waals surface area (Å²) in [5, 5.41) is 2.64. The molecular formula is C49H32O. The first-order valence-electron chi connectivity index (χ1n) is 17.5. The Bertz CT molecular complexity index is 2700. The third kappa shape index (κ3) is 3.37. The molecule has 0 radical (unpaired) electrons. The van der Waals surface area contributed by atoms with Gasteiger partial charge in [-0.15, -0.1) is 0 Å². The number of para-hydroxylation sites is 1. The second-order valence-corrected chi connectivity index (χ2v) is 14.1. The Morgan fingerprint density at radius 2 is 0.980 bits per heavy atom. The van der Waals surface area contributed by atoms with Gasteiger partial charge in [0, 0.05) is 16.5 Å². The Morgan fingerprint density at radius 1 is 0.400 bits per heavy atom. The molecule has 1 nitrogen and oxygen atoms in total. The summed E-state index contributed by atoms with van der Waals surface area (Å²) in [5.41, 5.74) is 15.9. The van der Waals surface area contributed by atoms with Gasteiger partial charge >= 0.3 is 0 Å². The normalized spacial score (nSPS) is 18.8. The standard InChI is InChI=1S/C49H32O/c1-48(33-16-3-2-4-17-33)40-24-9-10-27-44(40)50-45-29-28-32(30-43(45)48)34-20-13-26-42-47(34)37-19-6-8-23-39(37)49(42)38-22-7-5-18-35(38)36-21-11-14-31-15-12-25-41(49)46(31)36/h2-30H,1H3. The SMILES string of the molecule is CC1(c2ccccc2)c2ccccc2Oc2ccc(-c3cccc4c3-c3ccccc3C43c4ccccc4-c4cccc5cccc3c45)cc21. The molecule has 0 fully saturated rings. The molecule has 3 aliphatic rings. The summed E-state index contributed by atoms with van der Waals surface area (Å²) >= 11 is 0. The van der Waals surface area contributed by atoms with Gasteiger partial charge in [0.25, 0.3) is 0 Å². The van der Waals surface area contributed by atoms with Gasteiger partial charge in [0.05, 0.1) is 5.41 Å². The lowest BCUT2D eigenvalue weighted by Crippen LogP contribution is -2.31. The van der Waals surface area contributed by atoms with Crippen LogP contribution in [0.3, 0.4) is 0 Å². The molecule has 0 N–H and O–H groups in total. The Hall–Kier alpha value is -6.18. The van der Waals surface area contributed by atoms with Crippen LogP contribution in [-0.4, -0.2) is 0 Å². The molecule has 1 heteroatoms. The Morgan fingerprint density at radius 3 is 1.82 bits per heavy atom. The summed E-state index contributed by atoms with van der Waals surface area (Å²) in [7, 11) is 0. The van der Waals surface area contributed by atoms with Crippen molar-refractivity contribution in [3.63, 3.8) is 0 Å². The van der Waals surface area contributed by atoms with Crippen molar-refractivity contribution in [3.05, 3.63) is 215 Å². The maximum atomic E-state index is 6.63. The first-order chi connectivity index (χ1) is 24.7. The fourth-order valence-electron chi connectivity index (χ4n) is 9.71. The van der Waals surface area contributed by atoms with Crippen LogP contribution in [0.15, 0.2) is 176 Å².